The van der Waals surface area contributed by atoms with Gasteiger partial charge < -0.3 is 0 Å². The van der Waals surface area contributed by atoms with Crippen LogP contribution in [0.25, 0.3) is 0 Å². The van der Waals surface area contributed by atoms with E-state index in [2.05, 4.69) is 31.9 Å². The van der Waals surface area contributed by atoms with Gasteiger partial charge in [-0.2, -0.15) is 10.5 Å². The van der Waals surface area contributed by atoms with E-state index in [0.717, 1.165) is 0 Å². The first-order valence-electron chi connectivity index (χ1n) is 2.74. The molecule has 0 aliphatic heterocycles. The molecule has 4 heteroatoms. The topological polar surface area (TPSA) is 47.6 Å². The molecule has 0 radical (unpaired) electrons. The highest BCUT2D eigenvalue weighted by Crippen LogP contribution is 2.30. The van der Waals surface area contributed by atoms with Crippen molar-refractivity contribution in [2.45, 2.75) is 22.5 Å². The van der Waals surface area contributed by atoms with Crippen LogP contribution in [0.5, 0.6) is 0 Å². The zero-order valence-corrected chi connectivity index (χ0v) is 8.61. The Hall–Kier alpha value is -0.0600. The first kappa shape index (κ1) is 9.94. The van der Waals surface area contributed by atoms with Crippen LogP contribution in [-0.4, -0.2) is 9.15 Å². The van der Waals surface area contributed by atoms with Gasteiger partial charge in [0.25, 0.3) is 0 Å². The molecule has 0 aromatic carbocycles. The highest BCUT2D eigenvalue weighted by Gasteiger charge is 2.32. The Bertz CT molecular complexity index is 191. The molecular formula is C6H6Br2N2. The van der Waals surface area contributed by atoms with E-state index in [9.17, 15) is 0 Å². The third kappa shape index (κ3) is 1.97. The molecule has 0 aromatic rings. The Labute approximate surface area is 77.1 Å². The van der Waals surface area contributed by atoms with E-state index in [0.29, 0.717) is 6.42 Å². The Kier molecular flexibility index (Phi) is 3.93. The summed E-state index contributed by atoms with van der Waals surface area (Å²) in [6.45, 7) is 1.85. The maximum atomic E-state index is 8.61. The summed E-state index contributed by atoms with van der Waals surface area (Å²) in [5.74, 6) is 0. The van der Waals surface area contributed by atoms with Crippen molar-refractivity contribution < 1.29 is 0 Å². The number of halogens is 2. The fraction of sp³-hybridized carbons (Fsp3) is 0.667. The lowest BCUT2D eigenvalue weighted by Crippen LogP contribution is -2.27. The number of hydrogen-bond acceptors (Lipinski definition) is 2. The van der Waals surface area contributed by atoms with E-state index in [1.165, 1.54) is 0 Å². The normalized spacial score (nSPS) is 18.1. The first-order valence-corrected chi connectivity index (χ1v) is 4.45. The van der Waals surface area contributed by atoms with Crippen molar-refractivity contribution in [3.8, 4) is 12.1 Å². The minimum atomic E-state index is -0.734. The fourth-order valence-corrected chi connectivity index (χ4v) is 0.946. The Morgan fingerprint density at radius 2 is 2.10 bits per heavy atom. The highest BCUT2D eigenvalue weighted by molar-refractivity contribution is 9.12. The number of alkyl halides is 2. The standard InChI is InChI=1S/C6H6Br2N2/c1-2-6(8,4-10)5(7)3-9/h5H,2H2,1H3. The molecular weight excluding hydrogens is 260 g/mol. The van der Waals surface area contributed by atoms with Gasteiger partial charge in [-0.25, -0.2) is 0 Å². The summed E-state index contributed by atoms with van der Waals surface area (Å²) in [4.78, 5) is -0.449. The lowest BCUT2D eigenvalue weighted by Gasteiger charge is -2.17. The van der Waals surface area contributed by atoms with Crippen molar-refractivity contribution in [2.24, 2.45) is 0 Å². The molecule has 0 saturated heterocycles. The molecule has 2 unspecified atom stereocenters. The van der Waals surface area contributed by atoms with Crippen LogP contribution in [0.3, 0.4) is 0 Å². The third-order valence-electron chi connectivity index (χ3n) is 1.22. The molecule has 0 heterocycles. The van der Waals surface area contributed by atoms with Crippen LogP contribution in [0.1, 0.15) is 13.3 Å². The Balaban J connectivity index is 4.40. The Morgan fingerprint density at radius 3 is 2.20 bits per heavy atom. The SMILES string of the molecule is CCC(Br)(C#N)C(Br)C#N. The number of rotatable bonds is 2. The second-order valence-corrected chi connectivity index (χ2v) is 4.15. The average Bonchev–Trinajstić information content (AvgIpc) is 2.01. The molecule has 0 fully saturated rings. The van der Waals surface area contributed by atoms with Crippen molar-refractivity contribution in [3.63, 3.8) is 0 Å². The molecule has 0 aliphatic rings. The summed E-state index contributed by atoms with van der Waals surface area (Å²) < 4.78 is -0.734. The second-order valence-electron chi connectivity index (χ2n) is 1.82. The van der Waals surface area contributed by atoms with Gasteiger partial charge >= 0.3 is 0 Å². The molecule has 0 spiro atoms. The van der Waals surface area contributed by atoms with Crippen molar-refractivity contribution in [1.82, 2.24) is 0 Å². The van der Waals surface area contributed by atoms with Crippen LogP contribution in [0.15, 0.2) is 0 Å². The molecule has 0 bridgehead atoms. The molecule has 0 aliphatic carbocycles. The number of nitrogens with zero attached hydrogens (tertiary/aromatic N) is 2. The zero-order chi connectivity index (χ0) is 8.20. The van der Waals surface area contributed by atoms with Crippen molar-refractivity contribution in [2.75, 3.05) is 0 Å². The van der Waals surface area contributed by atoms with Crippen LogP contribution < -0.4 is 0 Å². The van der Waals surface area contributed by atoms with E-state index in [4.69, 9.17) is 10.5 Å². The maximum Gasteiger partial charge on any atom is 0.137 e. The van der Waals surface area contributed by atoms with E-state index in [1.54, 1.807) is 0 Å². The fourth-order valence-electron chi connectivity index (χ4n) is 0.417. The predicted octanol–water partition coefficient (Wildman–Crippen LogP) is 2.34. The summed E-state index contributed by atoms with van der Waals surface area (Å²) in [5, 5.41) is 17.1. The minimum absolute atomic E-state index is 0.449. The smallest absolute Gasteiger partial charge is 0.137 e. The van der Waals surface area contributed by atoms with Crippen molar-refractivity contribution in [1.29, 1.82) is 10.5 Å². The zero-order valence-electron chi connectivity index (χ0n) is 5.43. The number of nitriles is 2. The Morgan fingerprint density at radius 1 is 1.60 bits per heavy atom. The van der Waals surface area contributed by atoms with Gasteiger partial charge in [-0.05, 0) is 6.42 Å². The number of hydrogen-bond donors (Lipinski definition) is 0. The largest absolute Gasteiger partial charge is 0.197 e. The molecule has 0 rings (SSSR count). The quantitative estimate of drug-likeness (QED) is 0.720. The molecule has 0 amide bonds. The minimum Gasteiger partial charge on any atom is -0.197 e. The van der Waals surface area contributed by atoms with Gasteiger partial charge in [0.2, 0.25) is 0 Å². The van der Waals surface area contributed by atoms with Crippen LogP contribution in [0.4, 0.5) is 0 Å². The van der Waals surface area contributed by atoms with Crippen LogP contribution >= 0.6 is 31.9 Å². The maximum absolute atomic E-state index is 8.61. The van der Waals surface area contributed by atoms with Crippen LogP contribution in [0, 0.1) is 22.7 Å². The van der Waals surface area contributed by atoms with E-state index in [1.807, 2.05) is 19.1 Å². The van der Waals surface area contributed by atoms with Gasteiger partial charge in [-0.15, -0.1) is 0 Å². The van der Waals surface area contributed by atoms with Crippen LogP contribution in [0.2, 0.25) is 0 Å². The van der Waals surface area contributed by atoms with Crippen molar-refractivity contribution >= 4 is 31.9 Å². The van der Waals surface area contributed by atoms with E-state index >= 15 is 0 Å². The van der Waals surface area contributed by atoms with Gasteiger partial charge in [0, 0.05) is 0 Å². The van der Waals surface area contributed by atoms with Gasteiger partial charge in [0.05, 0.1) is 12.1 Å². The van der Waals surface area contributed by atoms with E-state index < -0.39 is 9.15 Å². The summed E-state index contributed by atoms with van der Waals surface area (Å²) >= 11 is 6.27. The second kappa shape index (κ2) is 3.95. The predicted molar refractivity (Wildman–Crippen MR) is 45.9 cm³/mol. The molecule has 10 heavy (non-hydrogen) atoms. The van der Waals surface area contributed by atoms with Gasteiger partial charge in [0.1, 0.15) is 9.15 Å². The van der Waals surface area contributed by atoms with Gasteiger partial charge in [-0.3, -0.25) is 0 Å². The molecule has 2 atom stereocenters. The van der Waals surface area contributed by atoms with E-state index in [-0.39, 0.29) is 0 Å². The lowest BCUT2D eigenvalue weighted by molar-refractivity contribution is 0.747. The summed E-state index contributed by atoms with van der Waals surface area (Å²) in [7, 11) is 0. The monoisotopic (exact) mass is 264 g/mol. The molecule has 54 valence electrons. The molecule has 0 aromatic heterocycles. The van der Waals surface area contributed by atoms with Gasteiger partial charge in [0.15, 0.2) is 0 Å². The van der Waals surface area contributed by atoms with Crippen molar-refractivity contribution in [3.05, 3.63) is 0 Å². The highest BCUT2D eigenvalue weighted by atomic mass is 79.9. The average molecular weight is 266 g/mol. The van der Waals surface area contributed by atoms with Gasteiger partial charge in [-0.1, -0.05) is 38.8 Å². The molecule has 0 saturated carbocycles. The molecule has 2 nitrogen and oxygen atoms in total. The lowest BCUT2D eigenvalue weighted by atomic mass is 10.1. The first-order chi connectivity index (χ1) is 4.60. The van der Waals surface area contributed by atoms with Crippen LogP contribution in [-0.2, 0) is 0 Å². The summed E-state index contributed by atoms with van der Waals surface area (Å²) in [6.07, 6.45) is 0.604. The summed E-state index contributed by atoms with van der Waals surface area (Å²) in [5.41, 5.74) is 0. The third-order valence-corrected chi connectivity index (χ3v) is 4.01. The summed E-state index contributed by atoms with van der Waals surface area (Å²) in [6, 6.07) is 3.98. The molecule has 0 N–H and O–H groups in total.